The van der Waals surface area contributed by atoms with Crippen molar-refractivity contribution in [3.05, 3.63) is 52.5 Å². The zero-order valence-corrected chi connectivity index (χ0v) is 19.1. The first kappa shape index (κ1) is 22.7. The third kappa shape index (κ3) is 5.21. The normalized spacial score (nSPS) is 21.6. The minimum Gasteiger partial charge on any atom is -0.367 e. The molecule has 0 spiro atoms. The Labute approximate surface area is 182 Å². The van der Waals surface area contributed by atoms with Crippen LogP contribution in [0.25, 0.3) is 0 Å². The lowest BCUT2D eigenvalue weighted by molar-refractivity contribution is -0.138. The van der Waals surface area contributed by atoms with Gasteiger partial charge in [0.25, 0.3) is 0 Å². The maximum Gasteiger partial charge on any atom is 0.226 e. The number of carbonyl (C=O) groups is 1. The minimum atomic E-state index is -2.99. The molecule has 3 heterocycles. The molecule has 0 saturated carbocycles. The number of thiophene rings is 1. The summed E-state index contributed by atoms with van der Waals surface area (Å²) in [5.74, 6) is -0.222. The molecule has 2 saturated heterocycles. The van der Waals surface area contributed by atoms with E-state index in [1.165, 1.54) is 12.1 Å². The zero-order valence-electron chi connectivity index (χ0n) is 17.5. The SMILES string of the molecule is CC.O=C(C1CCS(=O)(=O)CC1)N1CCN(c2ccc(F)cc2)CC1c1cccs1. The molecule has 2 aliphatic heterocycles. The fraction of sp³-hybridized carbons (Fsp3) is 0.500. The van der Waals surface area contributed by atoms with Gasteiger partial charge >= 0.3 is 0 Å². The van der Waals surface area contributed by atoms with E-state index >= 15 is 0 Å². The van der Waals surface area contributed by atoms with Gasteiger partial charge in [0.05, 0.1) is 17.5 Å². The summed E-state index contributed by atoms with van der Waals surface area (Å²) >= 11 is 1.62. The Hall–Kier alpha value is -1.93. The summed E-state index contributed by atoms with van der Waals surface area (Å²) in [7, 11) is -2.99. The first-order chi connectivity index (χ1) is 14.4. The lowest BCUT2D eigenvalue weighted by Crippen LogP contribution is -2.52. The van der Waals surface area contributed by atoms with Crippen LogP contribution in [-0.2, 0) is 14.6 Å². The van der Waals surface area contributed by atoms with E-state index in [4.69, 9.17) is 0 Å². The van der Waals surface area contributed by atoms with Gasteiger partial charge in [-0.3, -0.25) is 4.79 Å². The molecule has 2 fully saturated rings. The van der Waals surface area contributed by atoms with Crippen molar-refractivity contribution in [2.24, 2.45) is 5.92 Å². The largest absolute Gasteiger partial charge is 0.367 e. The second kappa shape index (κ2) is 9.92. The number of hydrogen-bond donors (Lipinski definition) is 0. The molecule has 2 aliphatic rings. The molecule has 1 atom stereocenters. The molecule has 2 aromatic rings. The summed E-state index contributed by atoms with van der Waals surface area (Å²) in [5, 5.41) is 2.00. The van der Waals surface area contributed by atoms with E-state index in [-0.39, 0.29) is 35.2 Å². The van der Waals surface area contributed by atoms with Crippen molar-refractivity contribution in [3.63, 3.8) is 0 Å². The predicted octanol–water partition coefficient (Wildman–Crippen LogP) is 4.13. The summed E-state index contributed by atoms with van der Waals surface area (Å²) in [5.41, 5.74) is 0.943. The first-order valence-electron chi connectivity index (χ1n) is 10.5. The Morgan fingerprint density at radius 3 is 2.33 bits per heavy atom. The quantitative estimate of drug-likeness (QED) is 0.703. The van der Waals surface area contributed by atoms with Gasteiger partial charge in [-0.2, -0.15) is 0 Å². The lowest BCUT2D eigenvalue weighted by atomic mass is 9.98. The molecule has 1 aromatic carbocycles. The number of hydrogen-bond acceptors (Lipinski definition) is 5. The van der Waals surface area contributed by atoms with E-state index in [0.717, 1.165) is 10.6 Å². The van der Waals surface area contributed by atoms with Gasteiger partial charge in [-0.1, -0.05) is 19.9 Å². The van der Waals surface area contributed by atoms with Gasteiger partial charge in [0.1, 0.15) is 15.7 Å². The molecule has 30 heavy (non-hydrogen) atoms. The molecular weight excluding hydrogens is 423 g/mol. The summed E-state index contributed by atoms with van der Waals surface area (Å²) in [6, 6.07) is 10.4. The maximum absolute atomic E-state index is 13.3. The van der Waals surface area contributed by atoms with E-state index < -0.39 is 9.84 Å². The van der Waals surface area contributed by atoms with Crippen LogP contribution < -0.4 is 4.90 Å². The highest BCUT2D eigenvalue weighted by atomic mass is 32.2. The second-order valence-electron chi connectivity index (χ2n) is 7.41. The van der Waals surface area contributed by atoms with Crippen molar-refractivity contribution in [2.75, 3.05) is 36.0 Å². The summed E-state index contributed by atoms with van der Waals surface area (Å²) in [4.78, 5) is 18.4. The van der Waals surface area contributed by atoms with Gasteiger partial charge in [0.2, 0.25) is 5.91 Å². The van der Waals surface area contributed by atoms with Crippen LogP contribution in [0.3, 0.4) is 0 Å². The van der Waals surface area contributed by atoms with E-state index in [9.17, 15) is 17.6 Å². The minimum absolute atomic E-state index is 0.0621. The van der Waals surface area contributed by atoms with E-state index in [0.29, 0.717) is 32.5 Å². The molecule has 1 aromatic heterocycles. The monoisotopic (exact) mass is 452 g/mol. The van der Waals surface area contributed by atoms with Gasteiger partial charge in [0, 0.05) is 36.1 Å². The molecule has 4 rings (SSSR count). The van der Waals surface area contributed by atoms with Crippen molar-refractivity contribution in [1.82, 2.24) is 4.90 Å². The van der Waals surface area contributed by atoms with Gasteiger partial charge in [-0.25, -0.2) is 12.8 Å². The van der Waals surface area contributed by atoms with Crippen LogP contribution in [0.4, 0.5) is 10.1 Å². The van der Waals surface area contributed by atoms with Crippen molar-refractivity contribution >= 4 is 32.8 Å². The lowest BCUT2D eigenvalue weighted by Gasteiger charge is -2.43. The highest BCUT2D eigenvalue weighted by Gasteiger charge is 2.37. The molecule has 0 N–H and O–H groups in total. The van der Waals surface area contributed by atoms with E-state index in [2.05, 4.69) is 4.90 Å². The molecular formula is C22H29FN2O3S2. The molecule has 1 amide bonds. The molecule has 5 nitrogen and oxygen atoms in total. The Morgan fingerprint density at radius 2 is 1.73 bits per heavy atom. The topological polar surface area (TPSA) is 57.7 Å². The average Bonchev–Trinajstić information content (AvgIpc) is 3.30. The molecule has 0 aliphatic carbocycles. The number of anilines is 1. The number of rotatable bonds is 3. The van der Waals surface area contributed by atoms with E-state index in [1.54, 1.807) is 23.5 Å². The highest BCUT2D eigenvalue weighted by Crippen LogP contribution is 2.34. The number of carbonyl (C=O) groups excluding carboxylic acids is 1. The van der Waals surface area contributed by atoms with Crippen LogP contribution in [0.2, 0.25) is 0 Å². The third-order valence-electron chi connectivity index (χ3n) is 5.63. The molecule has 164 valence electrons. The fourth-order valence-corrected chi connectivity index (χ4v) is 6.35. The number of nitrogens with zero attached hydrogens (tertiary/aromatic N) is 2. The van der Waals surface area contributed by atoms with Crippen LogP contribution in [-0.4, -0.2) is 50.4 Å². The molecule has 0 radical (unpaired) electrons. The van der Waals surface area contributed by atoms with Gasteiger partial charge in [-0.15, -0.1) is 11.3 Å². The van der Waals surface area contributed by atoms with Gasteiger partial charge in [0.15, 0.2) is 0 Å². The average molecular weight is 453 g/mol. The fourth-order valence-electron chi connectivity index (χ4n) is 4.03. The standard InChI is InChI=1S/C20H23FN2O3S2.C2H6/c21-16-3-5-17(6-4-16)22-9-10-23(18(14-22)19-2-1-11-27-19)20(24)15-7-12-28(25,26)13-8-15;1-2/h1-6,11,15,18H,7-10,12-14H2;1-2H3. The molecule has 1 unspecified atom stereocenters. The van der Waals surface area contributed by atoms with Crippen molar-refractivity contribution < 1.29 is 17.6 Å². The number of amides is 1. The Morgan fingerprint density at radius 1 is 1.07 bits per heavy atom. The van der Waals surface area contributed by atoms with Crippen molar-refractivity contribution in [2.45, 2.75) is 32.7 Å². The van der Waals surface area contributed by atoms with Gasteiger partial charge < -0.3 is 9.80 Å². The Kier molecular flexibility index (Phi) is 7.52. The second-order valence-corrected chi connectivity index (χ2v) is 10.7. The maximum atomic E-state index is 13.3. The van der Waals surface area contributed by atoms with Crippen molar-refractivity contribution in [1.29, 1.82) is 0 Å². The molecule has 8 heteroatoms. The number of piperazine rings is 1. The number of halogens is 1. The van der Waals surface area contributed by atoms with Crippen LogP contribution >= 0.6 is 11.3 Å². The van der Waals surface area contributed by atoms with Crippen LogP contribution in [0, 0.1) is 11.7 Å². The predicted molar refractivity (Wildman–Crippen MR) is 120 cm³/mol. The number of sulfone groups is 1. The van der Waals surface area contributed by atoms with Crippen LogP contribution in [0.5, 0.6) is 0 Å². The summed E-state index contributed by atoms with van der Waals surface area (Å²) in [6.07, 6.45) is 0.826. The third-order valence-corrected chi connectivity index (χ3v) is 8.32. The van der Waals surface area contributed by atoms with Crippen molar-refractivity contribution in [3.8, 4) is 0 Å². The zero-order chi connectivity index (χ0) is 21.7. The molecule has 0 bridgehead atoms. The number of benzene rings is 1. The van der Waals surface area contributed by atoms with Gasteiger partial charge in [-0.05, 0) is 48.6 Å². The smallest absolute Gasteiger partial charge is 0.226 e. The van der Waals surface area contributed by atoms with Crippen LogP contribution in [0.15, 0.2) is 41.8 Å². The highest BCUT2D eigenvalue weighted by molar-refractivity contribution is 7.91. The Bertz CT molecular complexity index is 916. The summed E-state index contributed by atoms with van der Waals surface area (Å²) in [6.45, 7) is 5.88. The first-order valence-corrected chi connectivity index (χ1v) is 13.2. The van der Waals surface area contributed by atoms with Crippen LogP contribution in [0.1, 0.15) is 37.6 Å². The summed E-state index contributed by atoms with van der Waals surface area (Å²) < 4.78 is 36.7. The Balaban J connectivity index is 0.00000124. The van der Waals surface area contributed by atoms with E-state index in [1.807, 2.05) is 36.3 Å².